The SMILES string of the molecule is CCCCCCCCCCCCCCC(C)(C)C(C)=O. The highest BCUT2D eigenvalue weighted by Crippen LogP contribution is 2.25. The quantitative estimate of drug-likeness (QED) is 0.324. The van der Waals surface area contributed by atoms with Crippen LogP contribution in [-0.4, -0.2) is 5.78 Å². The van der Waals surface area contributed by atoms with Crippen LogP contribution in [0.25, 0.3) is 0 Å². The summed E-state index contributed by atoms with van der Waals surface area (Å²) in [5.74, 6) is 0.334. The standard InChI is InChI=1S/C19H38O/c1-5-6-7-8-9-10-11-12-13-14-15-16-17-19(3,4)18(2)20/h5-17H2,1-4H3. The first kappa shape index (κ1) is 19.7. The van der Waals surface area contributed by atoms with Gasteiger partial charge in [-0.2, -0.15) is 0 Å². The van der Waals surface area contributed by atoms with E-state index in [1.54, 1.807) is 6.92 Å². The summed E-state index contributed by atoms with van der Waals surface area (Å²) < 4.78 is 0. The lowest BCUT2D eigenvalue weighted by atomic mass is 9.83. The Bertz CT molecular complexity index is 230. The van der Waals surface area contributed by atoms with E-state index >= 15 is 0 Å². The first-order chi connectivity index (χ1) is 9.50. The van der Waals surface area contributed by atoms with Crippen molar-refractivity contribution in [3.05, 3.63) is 0 Å². The van der Waals surface area contributed by atoms with Gasteiger partial charge in [0.05, 0.1) is 0 Å². The van der Waals surface area contributed by atoms with E-state index in [4.69, 9.17) is 0 Å². The van der Waals surface area contributed by atoms with Gasteiger partial charge in [-0.25, -0.2) is 0 Å². The summed E-state index contributed by atoms with van der Waals surface area (Å²) in [6, 6.07) is 0. The monoisotopic (exact) mass is 282 g/mol. The Morgan fingerprint density at radius 1 is 0.700 bits per heavy atom. The van der Waals surface area contributed by atoms with Crippen molar-refractivity contribution >= 4 is 5.78 Å². The molecule has 0 N–H and O–H groups in total. The molecule has 0 aromatic carbocycles. The van der Waals surface area contributed by atoms with Gasteiger partial charge >= 0.3 is 0 Å². The van der Waals surface area contributed by atoms with E-state index in [2.05, 4.69) is 20.8 Å². The van der Waals surface area contributed by atoms with E-state index in [9.17, 15) is 4.79 Å². The molecule has 0 saturated carbocycles. The number of unbranched alkanes of at least 4 members (excludes halogenated alkanes) is 11. The lowest BCUT2D eigenvalue weighted by Gasteiger charge is -2.20. The number of rotatable bonds is 14. The fraction of sp³-hybridized carbons (Fsp3) is 0.947. The third-order valence-corrected chi connectivity index (χ3v) is 4.61. The number of Topliss-reactive ketones (excluding diaryl/α,β-unsaturated/α-hetero) is 1. The van der Waals surface area contributed by atoms with E-state index in [0.29, 0.717) is 5.78 Å². The smallest absolute Gasteiger partial charge is 0.135 e. The molecule has 0 aliphatic rings. The topological polar surface area (TPSA) is 17.1 Å². The molecule has 0 bridgehead atoms. The highest BCUT2D eigenvalue weighted by molar-refractivity contribution is 5.81. The van der Waals surface area contributed by atoms with Gasteiger partial charge in [0.1, 0.15) is 5.78 Å². The summed E-state index contributed by atoms with van der Waals surface area (Å²) in [7, 11) is 0. The molecule has 0 aliphatic carbocycles. The molecule has 0 radical (unpaired) electrons. The van der Waals surface area contributed by atoms with Crippen LogP contribution in [0.2, 0.25) is 0 Å². The van der Waals surface area contributed by atoms with Crippen LogP contribution < -0.4 is 0 Å². The molecule has 20 heavy (non-hydrogen) atoms. The van der Waals surface area contributed by atoms with Gasteiger partial charge in [0.25, 0.3) is 0 Å². The first-order valence-corrected chi connectivity index (χ1v) is 9.01. The van der Waals surface area contributed by atoms with Crippen LogP contribution in [0, 0.1) is 5.41 Å². The molecule has 0 heterocycles. The van der Waals surface area contributed by atoms with Gasteiger partial charge in [-0.1, -0.05) is 97.8 Å². The molecule has 0 spiro atoms. The minimum absolute atomic E-state index is 0.0987. The van der Waals surface area contributed by atoms with Crippen molar-refractivity contribution in [3.8, 4) is 0 Å². The lowest BCUT2D eigenvalue weighted by Crippen LogP contribution is -2.20. The lowest BCUT2D eigenvalue weighted by molar-refractivity contribution is -0.125. The second-order valence-electron chi connectivity index (χ2n) is 7.08. The summed E-state index contributed by atoms with van der Waals surface area (Å²) in [5, 5.41) is 0. The van der Waals surface area contributed by atoms with Gasteiger partial charge < -0.3 is 0 Å². The predicted octanol–water partition coefficient (Wildman–Crippen LogP) is 6.69. The van der Waals surface area contributed by atoms with Crippen molar-refractivity contribution in [2.45, 2.75) is 111 Å². The summed E-state index contributed by atoms with van der Waals surface area (Å²) in [6.45, 7) is 8.15. The van der Waals surface area contributed by atoms with E-state index in [1.165, 1.54) is 77.0 Å². The second kappa shape index (κ2) is 12.4. The highest BCUT2D eigenvalue weighted by Gasteiger charge is 2.22. The van der Waals surface area contributed by atoms with Crippen LogP contribution in [0.4, 0.5) is 0 Å². The van der Waals surface area contributed by atoms with Gasteiger partial charge in [-0.3, -0.25) is 4.79 Å². The van der Waals surface area contributed by atoms with E-state index in [1.807, 2.05) is 0 Å². The molecule has 0 aliphatic heterocycles. The molecule has 1 heteroatoms. The Balaban J connectivity index is 3.19. The number of hydrogen-bond acceptors (Lipinski definition) is 1. The number of ketones is 1. The zero-order valence-electron chi connectivity index (χ0n) is 14.6. The fourth-order valence-electron chi connectivity index (χ4n) is 2.58. The van der Waals surface area contributed by atoms with Crippen molar-refractivity contribution in [1.29, 1.82) is 0 Å². The maximum absolute atomic E-state index is 11.4. The zero-order chi connectivity index (χ0) is 15.3. The number of hydrogen-bond donors (Lipinski definition) is 0. The molecule has 0 unspecified atom stereocenters. The van der Waals surface area contributed by atoms with Gasteiger partial charge in [0.2, 0.25) is 0 Å². The molecule has 0 atom stereocenters. The molecule has 0 amide bonds. The Hall–Kier alpha value is -0.330. The third-order valence-electron chi connectivity index (χ3n) is 4.61. The van der Waals surface area contributed by atoms with Crippen LogP contribution in [0.5, 0.6) is 0 Å². The Morgan fingerprint density at radius 2 is 1.05 bits per heavy atom. The third kappa shape index (κ3) is 11.5. The maximum atomic E-state index is 11.4. The van der Waals surface area contributed by atoms with Gasteiger partial charge in [0.15, 0.2) is 0 Å². The van der Waals surface area contributed by atoms with Gasteiger partial charge in [-0.05, 0) is 13.3 Å². The van der Waals surface area contributed by atoms with Gasteiger partial charge in [-0.15, -0.1) is 0 Å². The summed E-state index contributed by atoms with van der Waals surface area (Å²) in [6.07, 6.45) is 17.6. The molecule has 0 aromatic heterocycles. The second-order valence-corrected chi connectivity index (χ2v) is 7.08. The minimum atomic E-state index is -0.0987. The summed E-state index contributed by atoms with van der Waals surface area (Å²) in [5.41, 5.74) is -0.0987. The van der Waals surface area contributed by atoms with Crippen molar-refractivity contribution in [1.82, 2.24) is 0 Å². The average molecular weight is 283 g/mol. The molecule has 0 rings (SSSR count). The van der Waals surface area contributed by atoms with Crippen LogP contribution in [-0.2, 0) is 4.79 Å². The van der Waals surface area contributed by atoms with Crippen LogP contribution >= 0.6 is 0 Å². The van der Waals surface area contributed by atoms with E-state index in [0.717, 1.165) is 6.42 Å². The fourth-order valence-corrected chi connectivity index (χ4v) is 2.58. The Kier molecular flexibility index (Phi) is 12.2. The summed E-state index contributed by atoms with van der Waals surface area (Å²) in [4.78, 5) is 11.4. The predicted molar refractivity (Wildman–Crippen MR) is 90.2 cm³/mol. The zero-order valence-corrected chi connectivity index (χ0v) is 14.6. The molecule has 0 aromatic rings. The first-order valence-electron chi connectivity index (χ1n) is 9.01. The van der Waals surface area contributed by atoms with Crippen LogP contribution in [0.3, 0.4) is 0 Å². The molecule has 0 saturated heterocycles. The van der Waals surface area contributed by atoms with Crippen molar-refractivity contribution in [2.24, 2.45) is 5.41 Å². The summed E-state index contributed by atoms with van der Waals surface area (Å²) >= 11 is 0. The Morgan fingerprint density at radius 3 is 1.40 bits per heavy atom. The van der Waals surface area contributed by atoms with Crippen molar-refractivity contribution < 1.29 is 4.79 Å². The van der Waals surface area contributed by atoms with Crippen LogP contribution in [0.15, 0.2) is 0 Å². The van der Waals surface area contributed by atoms with Crippen molar-refractivity contribution in [2.75, 3.05) is 0 Å². The highest BCUT2D eigenvalue weighted by atomic mass is 16.1. The van der Waals surface area contributed by atoms with E-state index in [-0.39, 0.29) is 5.41 Å². The number of carbonyl (C=O) groups is 1. The molecule has 1 nitrogen and oxygen atoms in total. The van der Waals surface area contributed by atoms with Gasteiger partial charge in [0, 0.05) is 5.41 Å². The molecule has 120 valence electrons. The average Bonchev–Trinajstić information content (AvgIpc) is 2.39. The number of carbonyl (C=O) groups excluding carboxylic acids is 1. The minimum Gasteiger partial charge on any atom is -0.299 e. The van der Waals surface area contributed by atoms with Crippen LogP contribution in [0.1, 0.15) is 111 Å². The Labute approximate surface area is 127 Å². The normalized spacial score (nSPS) is 11.8. The van der Waals surface area contributed by atoms with Crippen molar-refractivity contribution in [3.63, 3.8) is 0 Å². The van der Waals surface area contributed by atoms with E-state index < -0.39 is 0 Å². The molecular formula is C19H38O. The molecule has 0 fully saturated rings. The molecular weight excluding hydrogens is 244 g/mol. The maximum Gasteiger partial charge on any atom is 0.135 e. The largest absolute Gasteiger partial charge is 0.299 e.